The van der Waals surface area contributed by atoms with Gasteiger partial charge < -0.3 is 23.1 Å². The summed E-state index contributed by atoms with van der Waals surface area (Å²) in [5.74, 6) is 6.27. The molecule has 0 fully saturated rings. The highest BCUT2D eigenvalue weighted by Crippen LogP contribution is 2.37. The Bertz CT molecular complexity index is 2780. The minimum absolute atomic E-state index is 0.257. The van der Waals surface area contributed by atoms with Crippen LogP contribution < -0.4 is 23.1 Å². The van der Waals surface area contributed by atoms with Crippen molar-refractivity contribution in [1.82, 2.24) is 0 Å². The molecule has 1 unspecified atom stereocenters. The lowest BCUT2D eigenvalue weighted by Gasteiger charge is -2.26. The van der Waals surface area contributed by atoms with Gasteiger partial charge in [0.15, 0.2) is 0 Å². The van der Waals surface area contributed by atoms with E-state index in [0.717, 1.165) is 46.1 Å². The van der Waals surface area contributed by atoms with Crippen molar-refractivity contribution in [2.24, 2.45) is 0 Å². The van der Waals surface area contributed by atoms with Gasteiger partial charge in [-0.15, -0.1) is 0 Å². The molecule has 62 heavy (non-hydrogen) atoms. The SMILES string of the molecule is CC1(C)c2ccc(cc2)Oc2ccc(cc2)Cc2ccc(cc2)Oc2ccc(cc2)C(C)(C)c2ccc(cc2)Oc2ccc(cc2)S(=O)Oc2ccc(cc2)Oc2ccc1cc2. The second-order valence-electron chi connectivity index (χ2n) is 16.5. The highest BCUT2D eigenvalue weighted by atomic mass is 32.2. The van der Waals surface area contributed by atoms with E-state index in [1.54, 1.807) is 48.5 Å². The minimum Gasteiger partial charge on any atom is -0.457 e. The van der Waals surface area contributed by atoms with Crippen molar-refractivity contribution >= 4 is 11.1 Å². The van der Waals surface area contributed by atoms with Gasteiger partial charge in [-0.25, -0.2) is 4.21 Å². The molecule has 13 aliphatic heterocycles. The third kappa shape index (κ3) is 9.14. The summed E-state index contributed by atoms with van der Waals surface area (Å²) in [5, 5.41) is 0. The molecule has 0 aromatic heterocycles. The molecule has 16 bridgehead atoms. The van der Waals surface area contributed by atoms with Crippen LogP contribution in [-0.4, -0.2) is 4.21 Å². The van der Waals surface area contributed by atoms with E-state index < -0.39 is 11.1 Å². The Kier molecular flexibility index (Phi) is 11.1. The first kappa shape index (κ1) is 40.3. The third-order valence-corrected chi connectivity index (χ3v) is 12.5. The van der Waals surface area contributed by atoms with E-state index in [4.69, 9.17) is 23.1 Å². The van der Waals surface area contributed by atoms with Crippen molar-refractivity contribution in [3.63, 3.8) is 0 Å². The van der Waals surface area contributed by atoms with E-state index >= 15 is 0 Å². The molecule has 0 spiro atoms. The fourth-order valence-electron chi connectivity index (χ4n) is 7.54. The van der Waals surface area contributed by atoms with Gasteiger partial charge in [0.2, 0.25) is 11.1 Å². The molecule has 0 saturated heterocycles. The third-order valence-electron chi connectivity index (χ3n) is 11.5. The van der Waals surface area contributed by atoms with Crippen molar-refractivity contribution in [3.05, 3.63) is 228 Å². The lowest BCUT2D eigenvalue weighted by atomic mass is 9.78. The zero-order valence-corrected chi connectivity index (χ0v) is 35.9. The Morgan fingerprint density at radius 3 is 0.839 bits per heavy atom. The molecule has 7 heteroatoms. The smallest absolute Gasteiger partial charge is 0.240 e. The van der Waals surface area contributed by atoms with Crippen molar-refractivity contribution in [3.8, 4) is 51.7 Å². The quantitative estimate of drug-likeness (QED) is 0.152. The normalized spacial score (nSPS) is 15.5. The maximum absolute atomic E-state index is 13.1. The van der Waals surface area contributed by atoms with Crippen LogP contribution in [0, 0.1) is 0 Å². The van der Waals surface area contributed by atoms with Crippen LogP contribution in [0.25, 0.3) is 0 Å². The average molecular weight is 835 g/mol. The van der Waals surface area contributed by atoms with Gasteiger partial charge in [0.05, 0.1) is 4.90 Å². The zero-order valence-electron chi connectivity index (χ0n) is 35.0. The molecule has 0 saturated carbocycles. The maximum atomic E-state index is 13.1. The van der Waals surface area contributed by atoms with E-state index in [9.17, 15) is 4.21 Å². The molecule has 13 aliphatic rings. The highest BCUT2D eigenvalue weighted by molar-refractivity contribution is 7.80. The summed E-state index contributed by atoms with van der Waals surface area (Å²) in [6.45, 7) is 8.83. The van der Waals surface area contributed by atoms with Crippen LogP contribution in [0.1, 0.15) is 61.1 Å². The van der Waals surface area contributed by atoms with Gasteiger partial charge in [-0.05, 0) is 161 Å². The van der Waals surface area contributed by atoms with Crippen LogP contribution in [0.15, 0.2) is 199 Å². The summed E-state index contributed by atoms with van der Waals surface area (Å²) in [4.78, 5) is 0.520. The van der Waals surface area contributed by atoms with Gasteiger partial charge in [-0.1, -0.05) is 100 Å². The Morgan fingerprint density at radius 1 is 0.323 bits per heavy atom. The van der Waals surface area contributed by atoms with Crippen LogP contribution in [0.5, 0.6) is 51.7 Å². The monoisotopic (exact) mass is 834 g/mol. The summed E-state index contributed by atoms with van der Waals surface area (Å²) >= 11 is -1.73. The summed E-state index contributed by atoms with van der Waals surface area (Å²) in [6, 6.07) is 63.5. The molecule has 1 atom stereocenters. The van der Waals surface area contributed by atoms with Crippen molar-refractivity contribution < 1.29 is 27.3 Å². The minimum atomic E-state index is -1.73. The van der Waals surface area contributed by atoms with E-state index in [1.165, 1.54) is 16.7 Å². The standard InChI is InChI=1S/C55H46O6S/c1-54(2)40-9-21-46(22-10-40)57-44-17-5-38(6-18-44)37-39-7-19-45(20-8-39)58-47-23-11-41(12-24-47)55(3,4)43-15-27-49(28-16-43)60-51-33-35-53(36-34-51)62(56)61-52-31-29-50(30-32-52)59-48-25-13-42(54)14-26-48/h5-36H,37H2,1-4H3. The summed E-state index contributed by atoms with van der Waals surface area (Å²) < 4.78 is 43.7. The first-order valence-electron chi connectivity index (χ1n) is 20.7. The van der Waals surface area contributed by atoms with Gasteiger partial charge in [0.25, 0.3) is 0 Å². The van der Waals surface area contributed by atoms with E-state index in [0.29, 0.717) is 33.6 Å². The number of hydrogen-bond donors (Lipinski definition) is 0. The molecule has 21 rings (SSSR count). The zero-order chi connectivity index (χ0) is 42.7. The van der Waals surface area contributed by atoms with Crippen molar-refractivity contribution in [1.29, 1.82) is 0 Å². The van der Waals surface area contributed by atoms with Gasteiger partial charge >= 0.3 is 0 Å². The predicted octanol–water partition coefficient (Wildman–Crippen LogP) is 14.5. The maximum Gasteiger partial charge on any atom is 0.240 e. The molecule has 0 radical (unpaired) electrons. The Morgan fingerprint density at radius 2 is 0.548 bits per heavy atom. The van der Waals surface area contributed by atoms with E-state index in [2.05, 4.69) is 100 Å². The van der Waals surface area contributed by atoms with Gasteiger partial charge in [-0.2, -0.15) is 0 Å². The number of rotatable bonds is 0. The molecule has 8 aromatic carbocycles. The van der Waals surface area contributed by atoms with E-state index in [1.807, 2.05) is 72.8 Å². The molecule has 8 aromatic rings. The summed E-state index contributed by atoms with van der Waals surface area (Å²) in [6.07, 6.45) is 0.799. The Balaban J connectivity index is 0.945. The fraction of sp³-hybridized carbons (Fsp3) is 0.127. The second kappa shape index (κ2) is 17.1. The van der Waals surface area contributed by atoms with Crippen molar-refractivity contribution in [2.75, 3.05) is 0 Å². The lowest BCUT2D eigenvalue weighted by molar-refractivity contribution is 0.479. The highest BCUT2D eigenvalue weighted by Gasteiger charge is 2.25. The second-order valence-corrected chi connectivity index (χ2v) is 17.6. The van der Waals surface area contributed by atoms with Crippen molar-refractivity contribution in [2.45, 2.75) is 49.8 Å². The Hall–Kier alpha value is -7.09. The fourth-order valence-corrected chi connectivity index (χ4v) is 8.28. The van der Waals surface area contributed by atoms with E-state index in [-0.39, 0.29) is 10.8 Å². The molecule has 0 N–H and O–H groups in total. The first-order valence-corrected chi connectivity index (χ1v) is 21.7. The topological polar surface area (TPSA) is 63.2 Å². The molecule has 13 heterocycles. The summed E-state index contributed by atoms with van der Waals surface area (Å²) in [5.41, 5.74) is 6.51. The molecular weight excluding hydrogens is 789 g/mol. The molecule has 6 nitrogen and oxygen atoms in total. The van der Waals surface area contributed by atoms with Crippen LogP contribution in [-0.2, 0) is 28.3 Å². The van der Waals surface area contributed by atoms with Crippen LogP contribution in [0.3, 0.4) is 0 Å². The number of ether oxygens (including phenoxy) is 4. The van der Waals surface area contributed by atoms with Crippen LogP contribution in [0.2, 0.25) is 0 Å². The molecule has 308 valence electrons. The van der Waals surface area contributed by atoms with Gasteiger partial charge in [0, 0.05) is 10.8 Å². The predicted molar refractivity (Wildman–Crippen MR) is 246 cm³/mol. The van der Waals surface area contributed by atoms with Crippen LogP contribution in [0.4, 0.5) is 0 Å². The largest absolute Gasteiger partial charge is 0.457 e. The van der Waals surface area contributed by atoms with Crippen LogP contribution >= 0.6 is 0 Å². The average Bonchev–Trinajstić information content (AvgIpc) is 3.29. The van der Waals surface area contributed by atoms with Gasteiger partial charge in [0.1, 0.15) is 51.7 Å². The molecule has 0 amide bonds. The molecule has 0 aliphatic carbocycles. The Labute approximate surface area is 366 Å². The van der Waals surface area contributed by atoms with Gasteiger partial charge in [-0.3, -0.25) is 0 Å². The number of hydrogen-bond acceptors (Lipinski definition) is 6. The summed E-state index contributed by atoms with van der Waals surface area (Å²) in [7, 11) is 0. The molecular formula is C55H46O6S. The first-order chi connectivity index (χ1) is 30.0. The lowest BCUT2D eigenvalue weighted by Crippen LogP contribution is -2.18. The number of benzene rings is 8.